The number of aryl methyl sites for hydroxylation is 1. The van der Waals surface area contributed by atoms with E-state index in [1.54, 1.807) is 47.4 Å². The second-order valence-corrected chi connectivity index (χ2v) is 8.15. The van der Waals surface area contributed by atoms with E-state index in [4.69, 9.17) is 4.74 Å². The van der Waals surface area contributed by atoms with Gasteiger partial charge >= 0.3 is 0 Å². The molecule has 1 aliphatic heterocycles. The number of amides is 1. The fourth-order valence-corrected chi connectivity index (χ4v) is 4.70. The number of aromatic hydroxyl groups is 1. The number of ketones is 1. The van der Waals surface area contributed by atoms with Crippen molar-refractivity contribution in [3.8, 4) is 11.5 Å². The molecule has 1 saturated carbocycles. The van der Waals surface area contributed by atoms with Gasteiger partial charge in [-0.2, -0.15) is 0 Å². The van der Waals surface area contributed by atoms with Crippen LogP contribution in [0.1, 0.15) is 55.3 Å². The number of carbonyl (C=O) groups is 2. The van der Waals surface area contributed by atoms with Crippen molar-refractivity contribution < 1.29 is 24.5 Å². The van der Waals surface area contributed by atoms with Crippen molar-refractivity contribution in [2.24, 2.45) is 0 Å². The standard InChI is InChI=1S/C25H27NO5/c1-3-31-20-12-11-17(13-15(20)2)23(28)21-22(16-7-6-10-19(27)14-16)26(25(30)24(21)29)18-8-4-5-9-18/h6-7,10-14,18,22,27-28H,3-5,8-9H2,1-2H3/b23-21-. The van der Waals surface area contributed by atoms with E-state index in [9.17, 15) is 19.8 Å². The molecular weight excluding hydrogens is 394 g/mol. The van der Waals surface area contributed by atoms with E-state index in [0.29, 0.717) is 23.5 Å². The van der Waals surface area contributed by atoms with Gasteiger partial charge < -0.3 is 19.8 Å². The summed E-state index contributed by atoms with van der Waals surface area (Å²) in [5.41, 5.74) is 1.95. The maximum absolute atomic E-state index is 13.1. The van der Waals surface area contributed by atoms with Gasteiger partial charge in [0.05, 0.1) is 18.2 Å². The topological polar surface area (TPSA) is 87.1 Å². The van der Waals surface area contributed by atoms with Gasteiger partial charge in [0, 0.05) is 11.6 Å². The van der Waals surface area contributed by atoms with Crippen LogP contribution in [0.25, 0.3) is 5.76 Å². The minimum absolute atomic E-state index is 0.0476. The molecule has 2 aliphatic rings. The molecule has 2 fully saturated rings. The average Bonchev–Trinajstić information content (AvgIpc) is 3.36. The molecule has 1 heterocycles. The smallest absolute Gasteiger partial charge is 0.295 e. The Kier molecular flexibility index (Phi) is 5.72. The molecule has 1 amide bonds. The number of ether oxygens (including phenoxy) is 1. The van der Waals surface area contributed by atoms with Gasteiger partial charge in [-0.3, -0.25) is 9.59 Å². The lowest BCUT2D eigenvalue weighted by Crippen LogP contribution is -2.37. The summed E-state index contributed by atoms with van der Waals surface area (Å²) in [6.45, 7) is 4.29. The van der Waals surface area contributed by atoms with Crippen molar-refractivity contribution >= 4 is 17.4 Å². The van der Waals surface area contributed by atoms with Crippen LogP contribution in [0.5, 0.6) is 11.5 Å². The number of hydrogen-bond donors (Lipinski definition) is 2. The van der Waals surface area contributed by atoms with Gasteiger partial charge in [0.15, 0.2) is 0 Å². The fraction of sp³-hybridized carbons (Fsp3) is 0.360. The molecule has 31 heavy (non-hydrogen) atoms. The summed E-state index contributed by atoms with van der Waals surface area (Å²) in [6, 6.07) is 11.0. The van der Waals surface area contributed by atoms with Crippen molar-refractivity contribution in [1.29, 1.82) is 0 Å². The number of hydrogen-bond acceptors (Lipinski definition) is 5. The van der Waals surface area contributed by atoms with Gasteiger partial charge in [-0.15, -0.1) is 0 Å². The van der Waals surface area contributed by atoms with Crippen LogP contribution in [0.3, 0.4) is 0 Å². The van der Waals surface area contributed by atoms with Crippen molar-refractivity contribution in [2.45, 2.75) is 51.6 Å². The number of phenolic OH excluding ortho intramolecular Hbond substituents is 1. The summed E-state index contributed by atoms with van der Waals surface area (Å²) >= 11 is 0. The highest BCUT2D eigenvalue weighted by Gasteiger charge is 2.49. The normalized spacial score (nSPS) is 21.1. The lowest BCUT2D eigenvalue weighted by Gasteiger charge is -2.30. The van der Waals surface area contributed by atoms with E-state index in [1.165, 1.54) is 0 Å². The summed E-state index contributed by atoms with van der Waals surface area (Å²) < 4.78 is 5.57. The van der Waals surface area contributed by atoms with Gasteiger partial charge in [-0.05, 0) is 68.1 Å². The number of carbonyl (C=O) groups excluding carboxylic acids is 2. The zero-order valence-corrected chi connectivity index (χ0v) is 17.8. The Balaban J connectivity index is 1.86. The molecule has 1 saturated heterocycles. The zero-order chi connectivity index (χ0) is 22.1. The first-order valence-electron chi connectivity index (χ1n) is 10.7. The second-order valence-electron chi connectivity index (χ2n) is 8.15. The molecule has 2 aromatic rings. The zero-order valence-electron chi connectivity index (χ0n) is 17.8. The van der Waals surface area contributed by atoms with Gasteiger partial charge in [-0.25, -0.2) is 0 Å². The molecule has 6 nitrogen and oxygen atoms in total. The summed E-state index contributed by atoms with van der Waals surface area (Å²) in [7, 11) is 0. The molecule has 1 atom stereocenters. The third kappa shape index (κ3) is 3.78. The van der Waals surface area contributed by atoms with E-state index in [0.717, 1.165) is 31.2 Å². The highest BCUT2D eigenvalue weighted by molar-refractivity contribution is 6.46. The van der Waals surface area contributed by atoms with Crippen LogP contribution in [0, 0.1) is 6.92 Å². The summed E-state index contributed by atoms with van der Waals surface area (Å²) in [6.07, 6.45) is 3.64. The van der Waals surface area contributed by atoms with Crippen molar-refractivity contribution in [3.63, 3.8) is 0 Å². The van der Waals surface area contributed by atoms with E-state index in [1.807, 2.05) is 13.8 Å². The first kappa shape index (κ1) is 21.0. The van der Waals surface area contributed by atoms with Crippen LogP contribution >= 0.6 is 0 Å². The molecule has 0 radical (unpaired) electrons. The van der Waals surface area contributed by atoms with Crippen molar-refractivity contribution in [3.05, 3.63) is 64.7 Å². The van der Waals surface area contributed by atoms with Crippen LogP contribution in [-0.2, 0) is 9.59 Å². The Labute approximate surface area is 181 Å². The maximum atomic E-state index is 13.1. The Bertz CT molecular complexity index is 1050. The first-order chi connectivity index (χ1) is 14.9. The lowest BCUT2D eigenvalue weighted by molar-refractivity contribution is -0.141. The Hall–Kier alpha value is -3.28. The van der Waals surface area contributed by atoms with Gasteiger partial charge in [0.1, 0.15) is 17.3 Å². The highest BCUT2D eigenvalue weighted by atomic mass is 16.5. The van der Waals surface area contributed by atoms with Crippen molar-refractivity contribution in [2.75, 3.05) is 6.61 Å². The number of Topliss-reactive ketones (excluding diaryl/α,β-unsaturated/α-hetero) is 1. The molecule has 162 valence electrons. The molecule has 2 aromatic carbocycles. The summed E-state index contributed by atoms with van der Waals surface area (Å²) in [5, 5.41) is 21.2. The van der Waals surface area contributed by atoms with E-state index < -0.39 is 17.7 Å². The van der Waals surface area contributed by atoms with Crippen LogP contribution in [0.15, 0.2) is 48.0 Å². The van der Waals surface area contributed by atoms with E-state index in [-0.39, 0.29) is 23.1 Å². The molecule has 2 N–H and O–H groups in total. The third-order valence-corrected chi connectivity index (χ3v) is 6.13. The second kappa shape index (κ2) is 8.46. The van der Waals surface area contributed by atoms with Crippen LogP contribution < -0.4 is 4.74 Å². The number of nitrogens with zero attached hydrogens (tertiary/aromatic N) is 1. The molecule has 6 heteroatoms. The Morgan fingerprint density at radius 1 is 1.13 bits per heavy atom. The molecule has 1 unspecified atom stereocenters. The number of rotatable bonds is 5. The summed E-state index contributed by atoms with van der Waals surface area (Å²) in [4.78, 5) is 27.8. The predicted molar refractivity (Wildman–Crippen MR) is 117 cm³/mol. The molecular formula is C25H27NO5. The van der Waals surface area contributed by atoms with E-state index in [2.05, 4.69) is 0 Å². The van der Waals surface area contributed by atoms with Gasteiger partial charge in [-0.1, -0.05) is 25.0 Å². The average molecular weight is 421 g/mol. The SMILES string of the molecule is CCOc1ccc(/C(O)=C2/C(=O)C(=O)N(C3CCCC3)C2c2cccc(O)c2)cc1C. The van der Waals surface area contributed by atoms with Gasteiger partial charge in [0.2, 0.25) is 0 Å². The predicted octanol–water partition coefficient (Wildman–Crippen LogP) is 4.46. The number of aliphatic hydroxyl groups excluding tert-OH is 1. The largest absolute Gasteiger partial charge is 0.508 e. The van der Waals surface area contributed by atoms with Crippen LogP contribution in [0.4, 0.5) is 0 Å². The third-order valence-electron chi connectivity index (χ3n) is 6.13. The fourth-order valence-electron chi connectivity index (χ4n) is 4.70. The van der Waals surface area contributed by atoms with Gasteiger partial charge in [0.25, 0.3) is 11.7 Å². The molecule has 0 aromatic heterocycles. The molecule has 4 rings (SSSR count). The number of benzene rings is 2. The minimum atomic E-state index is -0.734. The highest BCUT2D eigenvalue weighted by Crippen LogP contribution is 2.44. The Morgan fingerprint density at radius 2 is 1.87 bits per heavy atom. The van der Waals surface area contributed by atoms with Crippen LogP contribution in [0.2, 0.25) is 0 Å². The summed E-state index contributed by atoms with van der Waals surface area (Å²) in [5.74, 6) is -0.742. The van der Waals surface area contributed by atoms with Crippen molar-refractivity contribution in [1.82, 2.24) is 4.90 Å². The van der Waals surface area contributed by atoms with E-state index >= 15 is 0 Å². The minimum Gasteiger partial charge on any atom is -0.508 e. The monoisotopic (exact) mass is 421 g/mol. The maximum Gasteiger partial charge on any atom is 0.295 e. The molecule has 1 aliphatic carbocycles. The lowest BCUT2D eigenvalue weighted by atomic mass is 9.94. The van der Waals surface area contributed by atoms with Crippen LogP contribution in [-0.4, -0.2) is 39.5 Å². The first-order valence-corrected chi connectivity index (χ1v) is 10.7. The molecule has 0 bridgehead atoms. The number of phenols is 1. The Morgan fingerprint density at radius 3 is 2.52 bits per heavy atom. The quantitative estimate of drug-likeness (QED) is 0.423. The number of likely N-dealkylation sites (tertiary alicyclic amines) is 1. The molecule has 0 spiro atoms. The number of aliphatic hydroxyl groups is 1.